The number of aromatic nitrogens is 3. The van der Waals surface area contributed by atoms with Gasteiger partial charge in [0.15, 0.2) is 5.65 Å². The second-order valence-corrected chi connectivity index (χ2v) is 6.33. The van der Waals surface area contributed by atoms with Crippen LogP contribution in [0, 0.1) is 0 Å². The van der Waals surface area contributed by atoms with Crippen LogP contribution in [0.1, 0.15) is 24.8 Å². The van der Waals surface area contributed by atoms with Gasteiger partial charge in [-0.15, -0.1) is 0 Å². The van der Waals surface area contributed by atoms with Gasteiger partial charge in [-0.05, 0) is 43.5 Å². The number of likely N-dealkylation sites (tertiary alicyclic amines) is 1. The molecular weight excluding hydrogens is 284 g/mol. The molecule has 4 rings (SSSR count). The summed E-state index contributed by atoms with van der Waals surface area (Å²) in [5.74, 6) is 0. The first-order valence-electron chi connectivity index (χ1n) is 8.49. The molecule has 3 heterocycles. The van der Waals surface area contributed by atoms with Gasteiger partial charge in [0.2, 0.25) is 0 Å². The zero-order valence-corrected chi connectivity index (χ0v) is 13.4. The van der Waals surface area contributed by atoms with Gasteiger partial charge in [-0.1, -0.05) is 30.7 Å². The third-order valence-electron chi connectivity index (χ3n) is 4.70. The van der Waals surface area contributed by atoms with Gasteiger partial charge in [0.05, 0.1) is 6.20 Å². The predicted molar refractivity (Wildman–Crippen MR) is 92.4 cm³/mol. The van der Waals surface area contributed by atoms with Gasteiger partial charge in [0.25, 0.3) is 0 Å². The zero-order chi connectivity index (χ0) is 15.5. The van der Waals surface area contributed by atoms with Crippen molar-refractivity contribution in [3.05, 3.63) is 54.5 Å². The van der Waals surface area contributed by atoms with Crippen LogP contribution in [0.2, 0.25) is 0 Å². The Morgan fingerprint density at radius 2 is 1.74 bits per heavy atom. The highest BCUT2D eigenvalue weighted by Crippen LogP contribution is 2.20. The van der Waals surface area contributed by atoms with Crippen molar-refractivity contribution in [2.24, 2.45) is 0 Å². The average Bonchev–Trinajstić information content (AvgIpc) is 3.09. The van der Waals surface area contributed by atoms with Crippen molar-refractivity contribution in [2.75, 3.05) is 19.6 Å². The minimum atomic E-state index is 0.881. The van der Waals surface area contributed by atoms with E-state index in [1.54, 1.807) is 6.20 Å². The van der Waals surface area contributed by atoms with E-state index in [0.29, 0.717) is 0 Å². The molecule has 0 bridgehead atoms. The topological polar surface area (TPSA) is 33.4 Å². The highest BCUT2D eigenvalue weighted by Gasteiger charge is 2.09. The summed E-state index contributed by atoms with van der Waals surface area (Å²) in [6.07, 6.45) is 11.0. The van der Waals surface area contributed by atoms with E-state index < -0.39 is 0 Å². The van der Waals surface area contributed by atoms with Crippen molar-refractivity contribution in [2.45, 2.75) is 25.7 Å². The standard InChI is InChI=1S/C19H22N4/c1-2-11-22(12-3-1)13-9-16-4-6-17(7-5-16)18-14-20-19-8-10-21-23(19)15-18/h4-8,10,14-15H,1-3,9,11-13H2. The molecule has 1 aliphatic heterocycles. The van der Waals surface area contributed by atoms with E-state index in [1.165, 1.54) is 50.0 Å². The molecule has 118 valence electrons. The molecule has 4 nitrogen and oxygen atoms in total. The lowest BCUT2D eigenvalue weighted by molar-refractivity contribution is 0.231. The first-order chi connectivity index (χ1) is 11.4. The van der Waals surface area contributed by atoms with E-state index in [2.05, 4.69) is 39.2 Å². The van der Waals surface area contributed by atoms with E-state index >= 15 is 0 Å². The average molecular weight is 306 g/mol. The second kappa shape index (κ2) is 6.50. The molecule has 1 fully saturated rings. The monoisotopic (exact) mass is 306 g/mol. The highest BCUT2D eigenvalue weighted by molar-refractivity contribution is 5.63. The fraction of sp³-hybridized carbons (Fsp3) is 0.368. The zero-order valence-electron chi connectivity index (χ0n) is 13.4. The van der Waals surface area contributed by atoms with Gasteiger partial charge in [0, 0.05) is 30.6 Å². The molecule has 1 aliphatic rings. The summed E-state index contributed by atoms with van der Waals surface area (Å²) < 4.78 is 1.82. The van der Waals surface area contributed by atoms with Crippen molar-refractivity contribution in [3.8, 4) is 11.1 Å². The predicted octanol–water partition coefficient (Wildman–Crippen LogP) is 3.42. The van der Waals surface area contributed by atoms with E-state index in [4.69, 9.17) is 0 Å². The maximum Gasteiger partial charge on any atom is 0.154 e. The number of hydrogen-bond donors (Lipinski definition) is 0. The lowest BCUT2D eigenvalue weighted by atomic mass is 10.0. The molecule has 1 saturated heterocycles. The number of nitrogens with zero attached hydrogens (tertiary/aromatic N) is 4. The van der Waals surface area contributed by atoms with Crippen LogP contribution >= 0.6 is 0 Å². The minimum Gasteiger partial charge on any atom is -0.303 e. The van der Waals surface area contributed by atoms with Gasteiger partial charge in [0.1, 0.15) is 0 Å². The summed E-state index contributed by atoms with van der Waals surface area (Å²) in [4.78, 5) is 7.02. The maximum atomic E-state index is 4.43. The molecule has 0 atom stereocenters. The number of piperidine rings is 1. The molecule has 0 aliphatic carbocycles. The van der Waals surface area contributed by atoms with Gasteiger partial charge < -0.3 is 4.90 Å². The first kappa shape index (κ1) is 14.4. The van der Waals surface area contributed by atoms with Crippen LogP contribution in [0.5, 0.6) is 0 Å². The number of benzene rings is 1. The summed E-state index contributed by atoms with van der Waals surface area (Å²) in [5.41, 5.74) is 4.58. The van der Waals surface area contributed by atoms with Crippen molar-refractivity contribution >= 4 is 5.65 Å². The molecule has 4 heteroatoms. The minimum absolute atomic E-state index is 0.881. The molecule has 2 aromatic heterocycles. The molecule has 0 radical (unpaired) electrons. The van der Waals surface area contributed by atoms with Gasteiger partial charge in [-0.2, -0.15) is 5.10 Å². The molecule has 0 saturated carbocycles. The smallest absolute Gasteiger partial charge is 0.154 e. The van der Waals surface area contributed by atoms with Crippen LogP contribution in [-0.2, 0) is 6.42 Å². The van der Waals surface area contributed by atoms with Crippen molar-refractivity contribution in [3.63, 3.8) is 0 Å². The van der Waals surface area contributed by atoms with Crippen molar-refractivity contribution in [1.29, 1.82) is 0 Å². The molecular formula is C19H22N4. The lowest BCUT2D eigenvalue weighted by Gasteiger charge is -2.26. The van der Waals surface area contributed by atoms with Crippen LogP contribution in [0.15, 0.2) is 48.9 Å². The Morgan fingerprint density at radius 3 is 2.57 bits per heavy atom. The first-order valence-corrected chi connectivity index (χ1v) is 8.49. The molecule has 3 aromatic rings. The summed E-state index contributed by atoms with van der Waals surface area (Å²) >= 11 is 0. The SMILES string of the molecule is c1cc2ncc(-c3ccc(CCN4CCCCC4)cc3)cn2n1. The second-order valence-electron chi connectivity index (χ2n) is 6.33. The third kappa shape index (κ3) is 3.27. The summed E-state index contributed by atoms with van der Waals surface area (Å²) in [5, 5.41) is 4.25. The Morgan fingerprint density at radius 1 is 0.913 bits per heavy atom. The maximum absolute atomic E-state index is 4.43. The van der Waals surface area contributed by atoms with Crippen LogP contribution in [0.4, 0.5) is 0 Å². The van der Waals surface area contributed by atoms with E-state index in [0.717, 1.165) is 17.6 Å². The van der Waals surface area contributed by atoms with E-state index in [1.807, 2.05) is 23.0 Å². The highest BCUT2D eigenvalue weighted by atomic mass is 15.2. The Hall–Kier alpha value is -2.20. The van der Waals surface area contributed by atoms with Crippen molar-refractivity contribution in [1.82, 2.24) is 19.5 Å². The molecule has 0 spiro atoms. The van der Waals surface area contributed by atoms with Crippen LogP contribution in [-0.4, -0.2) is 39.1 Å². The molecule has 0 amide bonds. The third-order valence-corrected chi connectivity index (χ3v) is 4.70. The van der Waals surface area contributed by atoms with Gasteiger partial charge in [-0.3, -0.25) is 0 Å². The van der Waals surface area contributed by atoms with Crippen LogP contribution < -0.4 is 0 Å². The molecule has 0 N–H and O–H groups in total. The Kier molecular flexibility index (Phi) is 4.07. The molecule has 0 unspecified atom stereocenters. The molecule has 23 heavy (non-hydrogen) atoms. The van der Waals surface area contributed by atoms with Gasteiger partial charge in [-0.25, -0.2) is 9.50 Å². The quantitative estimate of drug-likeness (QED) is 0.740. The Labute approximate surface area is 136 Å². The fourth-order valence-electron chi connectivity index (χ4n) is 3.29. The molecule has 1 aromatic carbocycles. The van der Waals surface area contributed by atoms with Crippen LogP contribution in [0.25, 0.3) is 16.8 Å². The summed E-state index contributed by atoms with van der Waals surface area (Å²) in [6.45, 7) is 3.72. The van der Waals surface area contributed by atoms with E-state index in [-0.39, 0.29) is 0 Å². The van der Waals surface area contributed by atoms with Gasteiger partial charge >= 0.3 is 0 Å². The largest absolute Gasteiger partial charge is 0.303 e. The van der Waals surface area contributed by atoms with Crippen molar-refractivity contribution < 1.29 is 0 Å². The fourth-order valence-corrected chi connectivity index (χ4v) is 3.29. The lowest BCUT2D eigenvalue weighted by Crippen LogP contribution is -2.31. The van der Waals surface area contributed by atoms with Crippen LogP contribution in [0.3, 0.4) is 0 Å². The summed E-state index contributed by atoms with van der Waals surface area (Å²) in [6, 6.07) is 10.8. The Balaban J connectivity index is 1.44. The Bertz CT molecular complexity index is 769. The normalized spacial score (nSPS) is 16.0. The number of rotatable bonds is 4. The number of hydrogen-bond acceptors (Lipinski definition) is 3. The van der Waals surface area contributed by atoms with E-state index in [9.17, 15) is 0 Å². The number of fused-ring (bicyclic) bond motifs is 1. The summed E-state index contributed by atoms with van der Waals surface area (Å²) in [7, 11) is 0.